The molecule has 0 spiro atoms. The highest BCUT2D eigenvalue weighted by atomic mass is 16.1. The van der Waals surface area contributed by atoms with E-state index in [0.29, 0.717) is 12.1 Å². The summed E-state index contributed by atoms with van der Waals surface area (Å²) in [5, 5.41) is 2.91. The quantitative estimate of drug-likeness (QED) is 0.610. The Balaban J connectivity index is 2.39. The average Bonchev–Trinajstić information content (AvgIpc) is 2.37. The fraction of sp³-hybridized carbons (Fsp3) is 0.267. The monoisotopic (exact) mass is 229 g/mol. The van der Waals surface area contributed by atoms with Gasteiger partial charge in [0.05, 0.1) is 0 Å². The minimum absolute atomic E-state index is 0.0125. The molecule has 0 atom stereocenters. The maximum absolute atomic E-state index is 11.7. The van der Waals surface area contributed by atoms with Crippen LogP contribution in [-0.4, -0.2) is 12.5 Å². The summed E-state index contributed by atoms with van der Waals surface area (Å²) in [6, 6.07) is 10.1. The van der Waals surface area contributed by atoms with E-state index in [2.05, 4.69) is 17.4 Å². The van der Waals surface area contributed by atoms with Gasteiger partial charge in [0.1, 0.15) is 0 Å². The first-order chi connectivity index (χ1) is 8.27. The lowest BCUT2D eigenvalue weighted by Crippen LogP contribution is -2.26. The maximum atomic E-state index is 11.7. The lowest BCUT2D eigenvalue weighted by Gasteiger charge is -2.05. The molecule has 2 nitrogen and oxygen atoms in total. The van der Waals surface area contributed by atoms with Crippen molar-refractivity contribution in [2.45, 2.75) is 20.3 Å². The van der Waals surface area contributed by atoms with Crippen LogP contribution in [0.2, 0.25) is 0 Å². The maximum Gasteiger partial charge on any atom is 0.250 e. The normalized spacial score (nSPS) is 11.8. The summed E-state index contributed by atoms with van der Waals surface area (Å²) in [4.78, 5) is 11.7. The molecule has 0 saturated carbocycles. The van der Waals surface area contributed by atoms with Gasteiger partial charge in [0, 0.05) is 12.1 Å². The molecule has 17 heavy (non-hydrogen) atoms. The Morgan fingerprint density at radius 1 is 1.24 bits per heavy atom. The fourth-order valence-electron chi connectivity index (χ4n) is 1.55. The third kappa shape index (κ3) is 4.68. The van der Waals surface area contributed by atoms with E-state index < -0.39 is 0 Å². The van der Waals surface area contributed by atoms with Gasteiger partial charge >= 0.3 is 0 Å². The van der Waals surface area contributed by atoms with E-state index in [1.165, 1.54) is 5.56 Å². The summed E-state index contributed by atoms with van der Waals surface area (Å²) in [7, 11) is 0. The van der Waals surface area contributed by atoms with Crippen LogP contribution >= 0.6 is 0 Å². The van der Waals surface area contributed by atoms with Crippen molar-refractivity contribution in [3.05, 3.63) is 59.7 Å². The summed E-state index contributed by atoms with van der Waals surface area (Å²) in [5.74, 6) is -0.0125. The molecule has 1 N–H and O–H groups in total. The first kappa shape index (κ1) is 13.2. The van der Waals surface area contributed by atoms with Gasteiger partial charge in [-0.25, -0.2) is 0 Å². The highest BCUT2D eigenvalue weighted by Crippen LogP contribution is 2.00. The van der Waals surface area contributed by atoms with Crippen molar-refractivity contribution in [2.75, 3.05) is 6.54 Å². The van der Waals surface area contributed by atoms with Crippen molar-refractivity contribution < 1.29 is 4.79 Å². The van der Waals surface area contributed by atoms with E-state index in [-0.39, 0.29) is 5.91 Å². The van der Waals surface area contributed by atoms with Crippen molar-refractivity contribution in [2.24, 2.45) is 0 Å². The molecule has 1 aromatic rings. The summed E-state index contributed by atoms with van der Waals surface area (Å²) in [6.45, 7) is 4.44. The number of benzene rings is 1. The molecule has 1 amide bonds. The zero-order valence-corrected chi connectivity index (χ0v) is 10.4. The second-order valence-electron chi connectivity index (χ2n) is 3.74. The van der Waals surface area contributed by atoms with Crippen LogP contribution in [0.4, 0.5) is 0 Å². The van der Waals surface area contributed by atoms with Gasteiger partial charge in [0.15, 0.2) is 0 Å². The minimum atomic E-state index is -0.0125. The molecule has 0 heterocycles. The Labute approximate surface area is 103 Å². The van der Waals surface area contributed by atoms with Crippen LogP contribution in [0.1, 0.15) is 19.4 Å². The smallest absolute Gasteiger partial charge is 0.250 e. The molecule has 0 aliphatic rings. The number of carbonyl (C=O) groups excluding carboxylic acids is 1. The molecule has 0 aliphatic heterocycles. The highest BCUT2D eigenvalue weighted by molar-refractivity contribution is 5.95. The number of hydrogen-bond donors (Lipinski definition) is 1. The van der Waals surface area contributed by atoms with Crippen LogP contribution in [0.15, 0.2) is 54.1 Å². The predicted molar refractivity (Wildman–Crippen MR) is 71.7 cm³/mol. The Bertz CT molecular complexity index is 404. The molecular weight excluding hydrogens is 210 g/mol. The third-order valence-electron chi connectivity index (χ3n) is 2.46. The molecule has 0 saturated heterocycles. The first-order valence-corrected chi connectivity index (χ1v) is 5.89. The second kappa shape index (κ2) is 7.44. The van der Waals surface area contributed by atoms with Gasteiger partial charge in [0.25, 0.3) is 5.91 Å². The molecule has 0 unspecified atom stereocenters. The molecule has 0 aromatic heterocycles. The number of amides is 1. The van der Waals surface area contributed by atoms with E-state index in [4.69, 9.17) is 0 Å². The van der Waals surface area contributed by atoms with Gasteiger partial charge in [-0.2, -0.15) is 0 Å². The lowest BCUT2D eigenvalue weighted by molar-refractivity contribution is -0.117. The predicted octanol–water partition coefficient (Wildman–Crippen LogP) is 2.87. The molecular formula is C15H19NO. The standard InChI is InChI=1S/C15H19NO/c1-3-8-14(4-2)15(17)16-12-11-13-9-6-5-7-10-13/h3-10H,11-12H2,1-2H3,(H,16,17)/b8-3-,14-4+. The minimum Gasteiger partial charge on any atom is -0.352 e. The Morgan fingerprint density at radius 3 is 2.53 bits per heavy atom. The van der Waals surface area contributed by atoms with Gasteiger partial charge in [-0.15, -0.1) is 0 Å². The largest absolute Gasteiger partial charge is 0.352 e. The molecule has 0 aliphatic carbocycles. The van der Waals surface area contributed by atoms with Crippen LogP contribution in [0.25, 0.3) is 0 Å². The third-order valence-corrected chi connectivity index (χ3v) is 2.46. The molecule has 2 heteroatoms. The number of nitrogens with one attached hydrogen (secondary N) is 1. The summed E-state index contributed by atoms with van der Waals surface area (Å²) < 4.78 is 0. The van der Waals surface area contributed by atoms with Crippen molar-refractivity contribution >= 4 is 5.91 Å². The number of hydrogen-bond acceptors (Lipinski definition) is 1. The second-order valence-corrected chi connectivity index (χ2v) is 3.74. The molecule has 1 aromatic carbocycles. The van der Waals surface area contributed by atoms with Gasteiger partial charge in [-0.1, -0.05) is 48.6 Å². The average molecular weight is 229 g/mol. The molecule has 0 radical (unpaired) electrons. The molecule has 90 valence electrons. The van der Waals surface area contributed by atoms with Gasteiger partial charge in [-0.3, -0.25) is 4.79 Å². The topological polar surface area (TPSA) is 29.1 Å². The van der Waals surface area contributed by atoms with Crippen molar-refractivity contribution in [3.63, 3.8) is 0 Å². The van der Waals surface area contributed by atoms with Crippen LogP contribution in [0.3, 0.4) is 0 Å². The van der Waals surface area contributed by atoms with E-state index in [1.54, 1.807) is 0 Å². The van der Waals surface area contributed by atoms with Crippen LogP contribution in [0.5, 0.6) is 0 Å². The summed E-state index contributed by atoms with van der Waals surface area (Å²) in [5.41, 5.74) is 1.95. The Morgan fingerprint density at radius 2 is 1.94 bits per heavy atom. The summed E-state index contributed by atoms with van der Waals surface area (Å²) >= 11 is 0. The van der Waals surface area contributed by atoms with Crippen molar-refractivity contribution in [1.29, 1.82) is 0 Å². The molecule has 1 rings (SSSR count). The van der Waals surface area contributed by atoms with Crippen LogP contribution < -0.4 is 5.32 Å². The Hall–Kier alpha value is -1.83. The van der Waals surface area contributed by atoms with Crippen LogP contribution in [-0.2, 0) is 11.2 Å². The number of rotatable bonds is 5. The zero-order valence-electron chi connectivity index (χ0n) is 10.4. The fourth-order valence-corrected chi connectivity index (χ4v) is 1.55. The Kier molecular flexibility index (Phi) is 5.80. The first-order valence-electron chi connectivity index (χ1n) is 5.89. The number of allylic oxidation sites excluding steroid dienone is 2. The van der Waals surface area contributed by atoms with Gasteiger partial charge in [0.2, 0.25) is 0 Å². The van der Waals surface area contributed by atoms with Crippen molar-refractivity contribution in [1.82, 2.24) is 5.32 Å². The lowest BCUT2D eigenvalue weighted by atomic mass is 10.1. The SMILES string of the molecule is C/C=C\C(=C/C)C(=O)NCCc1ccccc1. The zero-order chi connectivity index (χ0) is 12.5. The number of carbonyl (C=O) groups is 1. The van der Waals surface area contributed by atoms with Crippen LogP contribution in [0, 0.1) is 0 Å². The molecule has 0 fully saturated rings. The van der Waals surface area contributed by atoms with Crippen molar-refractivity contribution in [3.8, 4) is 0 Å². The van der Waals surface area contributed by atoms with Gasteiger partial charge < -0.3 is 5.32 Å². The van der Waals surface area contributed by atoms with E-state index in [9.17, 15) is 4.79 Å². The van der Waals surface area contributed by atoms with Gasteiger partial charge in [-0.05, 0) is 25.8 Å². The summed E-state index contributed by atoms with van der Waals surface area (Å²) in [6.07, 6.45) is 6.36. The van der Waals surface area contributed by atoms with E-state index in [1.807, 2.05) is 50.3 Å². The highest BCUT2D eigenvalue weighted by Gasteiger charge is 2.03. The van der Waals surface area contributed by atoms with E-state index in [0.717, 1.165) is 6.42 Å². The van der Waals surface area contributed by atoms with E-state index >= 15 is 0 Å². The molecule has 0 bridgehead atoms.